The van der Waals surface area contributed by atoms with Crippen LogP contribution < -0.4 is 10.6 Å². The maximum absolute atomic E-state index is 11.8. The second-order valence-electron chi connectivity index (χ2n) is 5.50. The number of nitrogens with one attached hydrogen (secondary N) is 2. The van der Waals surface area contributed by atoms with Gasteiger partial charge in [0, 0.05) is 6.54 Å². The molecule has 0 bridgehead atoms. The lowest BCUT2D eigenvalue weighted by molar-refractivity contribution is -0.123. The number of hydrogen-bond acceptors (Lipinski definition) is 3. The third-order valence-electron chi connectivity index (χ3n) is 3.52. The molecule has 1 fully saturated rings. The molecule has 0 spiro atoms. The first kappa shape index (κ1) is 15.0. The van der Waals surface area contributed by atoms with Crippen molar-refractivity contribution in [2.75, 3.05) is 19.7 Å². The predicted molar refractivity (Wildman–Crippen MR) is 79.3 cm³/mol. The summed E-state index contributed by atoms with van der Waals surface area (Å²) in [6, 6.07) is 10.1. The van der Waals surface area contributed by atoms with Crippen LogP contribution in [0.5, 0.6) is 0 Å². The summed E-state index contributed by atoms with van der Waals surface area (Å²) in [7, 11) is 0. The summed E-state index contributed by atoms with van der Waals surface area (Å²) in [5.41, 5.74) is 1.18. The van der Waals surface area contributed by atoms with Crippen molar-refractivity contribution in [1.82, 2.24) is 10.6 Å². The predicted octanol–water partition coefficient (Wildman–Crippen LogP) is 1.71. The maximum atomic E-state index is 11.8. The Morgan fingerprint density at radius 2 is 2.25 bits per heavy atom. The Hall–Kier alpha value is -1.39. The van der Waals surface area contributed by atoms with E-state index in [4.69, 9.17) is 4.74 Å². The van der Waals surface area contributed by atoms with E-state index in [0.717, 1.165) is 19.4 Å². The SMILES string of the molecule is CC(CNC(=O)C1CCCN1)COCc1ccccc1. The number of hydrogen-bond donors (Lipinski definition) is 2. The number of carbonyl (C=O) groups excluding carboxylic acids is 1. The first-order chi connectivity index (χ1) is 9.75. The van der Waals surface area contributed by atoms with Crippen LogP contribution in [0.2, 0.25) is 0 Å². The Kier molecular flexibility index (Phi) is 6.02. The molecule has 0 saturated carbocycles. The zero-order valence-corrected chi connectivity index (χ0v) is 12.1. The van der Waals surface area contributed by atoms with E-state index in [-0.39, 0.29) is 11.9 Å². The van der Waals surface area contributed by atoms with Gasteiger partial charge >= 0.3 is 0 Å². The molecule has 1 aromatic carbocycles. The number of rotatable bonds is 7. The minimum atomic E-state index is 0.00689. The van der Waals surface area contributed by atoms with Crippen LogP contribution in [-0.2, 0) is 16.1 Å². The molecule has 110 valence electrons. The first-order valence-electron chi connectivity index (χ1n) is 7.38. The van der Waals surface area contributed by atoms with E-state index in [1.807, 2.05) is 18.2 Å². The third-order valence-corrected chi connectivity index (χ3v) is 3.52. The fraction of sp³-hybridized carbons (Fsp3) is 0.562. The van der Waals surface area contributed by atoms with Crippen LogP contribution in [0.1, 0.15) is 25.3 Å². The molecule has 1 aliphatic heterocycles. The van der Waals surface area contributed by atoms with E-state index in [1.54, 1.807) is 0 Å². The van der Waals surface area contributed by atoms with Crippen molar-refractivity contribution in [2.24, 2.45) is 5.92 Å². The average Bonchev–Trinajstić information content (AvgIpc) is 3.00. The van der Waals surface area contributed by atoms with Crippen LogP contribution in [0, 0.1) is 5.92 Å². The minimum Gasteiger partial charge on any atom is -0.376 e. The molecule has 1 saturated heterocycles. The van der Waals surface area contributed by atoms with Crippen molar-refractivity contribution in [1.29, 1.82) is 0 Å². The van der Waals surface area contributed by atoms with Gasteiger partial charge < -0.3 is 15.4 Å². The minimum absolute atomic E-state index is 0.00689. The summed E-state index contributed by atoms with van der Waals surface area (Å²) in [6.45, 7) is 5.00. The largest absolute Gasteiger partial charge is 0.376 e. The van der Waals surface area contributed by atoms with Gasteiger partial charge in [-0.1, -0.05) is 37.3 Å². The summed E-state index contributed by atoms with van der Waals surface area (Å²) in [5, 5.41) is 6.19. The maximum Gasteiger partial charge on any atom is 0.237 e. The lowest BCUT2D eigenvalue weighted by Gasteiger charge is -2.15. The van der Waals surface area contributed by atoms with Gasteiger partial charge in [-0.05, 0) is 30.9 Å². The van der Waals surface area contributed by atoms with Crippen LogP contribution in [-0.4, -0.2) is 31.6 Å². The second kappa shape index (κ2) is 8.02. The van der Waals surface area contributed by atoms with Crippen LogP contribution in [0.3, 0.4) is 0 Å². The number of benzene rings is 1. The quantitative estimate of drug-likeness (QED) is 0.797. The summed E-state index contributed by atoms with van der Waals surface area (Å²) < 4.78 is 5.67. The Bertz CT molecular complexity index is 402. The van der Waals surface area contributed by atoms with Crippen LogP contribution in [0.25, 0.3) is 0 Å². The van der Waals surface area contributed by atoms with Crippen molar-refractivity contribution in [3.05, 3.63) is 35.9 Å². The highest BCUT2D eigenvalue weighted by molar-refractivity contribution is 5.81. The summed E-state index contributed by atoms with van der Waals surface area (Å²) >= 11 is 0. The molecule has 1 aliphatic rings. The third kappa shape index (κ3) is 4.94. The Labute approximate surface area is 120 Å². The number of amides is 1. The molecule has 20 heavy (non-hydrogen) atoms. The first-order valence-corrected chi connectivity index (χ1v) is 7.38. The van der Waals surface area contributed by atoms with Crippen LogP contribution in [0.15, 0.2) is 30.3 Å². The topological polar surface area (TPSA) is 50.4 Å². The van der Waals surface area contributed by atoms with Crippen molar-refractivity contribution < 1.29 is 9.53 Å². The van der Waals surface area contributed by atoms with E-state index in [2.05, 4.69) is 29.7 Å². The Morgan fingerprint density at radius 1 is 1.45 bits per heavy atom. The van der Waals surface area contributed by atoms with E-state index >= 15 is 0 Å². The van der Waals surface area contributed by atoms with Gasteiger partial charge in [-0.15, -0.1) is 0 Å². The van der Waals surface area contributed by atoms with Crippen molar-refractivity contribution in [3.8, 4) is 0 Å². The van der Waals surface area contributed by atoms with Crippen molar-refractivity contribution in [2.45, 2.75) is 32.4 Å². The van der Waals surface area contributed by atoms with Crippen molar-refractivity contribution in [3.63, 3.8) is 0 Å². The second-order valence-corrected chi connectivity index (χ2v) is 5.50. The molecule has 4 heteroatoms. The molecule has 2 rings (SSSR count). The summed E-state index contributed by atoms with van der Waals surface area (Å²) in [4.78, 5) is 11.8. The zero-order valence-electron chi connectivity index (χ0n) is 12.1. The van der Waals surface area contributed by atoms with E-state index in [9.17, 15) is 4.79 Å². The molecule has 0 radical (unpaired) electrons. The fourth-order valence-corrected chi connectivity index (χ4v) is 2.32. The molecule has 2 unspecified atom stereocenters. The molecule has 4 nitrogen and oxygen atoms in total. The van der Waals surface area contributed by atoms with Gasteiger partial charge in [0.05, 0.1) is 19.3 Å². The van der Waals surface area contributed by atoms with Crippen LogP contribution >= 0.6 is 0 Å². The molecular weight excluding hydrogens is 252 g/mol. The molecular formula is C16H24N2O2. The van der Waals surface area contributed by atoms with Crippen LogP contribution in [0.4, 0.5) is 0 Å². The van der Waals surface area contributed by atoms with Gasteiger partial charge in [0.2, 0.25) is 5.91 Å². The monoisotopic (exact) mass is 276 g/mol. The summed E-state index contributed by atoms with van der Waals surface area (Å²) in [6.07, 6.45) is 2.04. The van der Waals surface area contributed by atoms with E-state index < -0.39 is 0 Å². The lowest BCUT2D eigenvalue weighted by atomic mass is 10.1. The van der Waals surface area contributed by atoms with Gasteiger partial charge in [0.1, 0.15) is 0 Å². The number of ether oxygens (including phenoxy) is 1. The lowest BCUT2D eigenvalue weighted by Crippen LogP contribution is -2.42. The average molecular weight is 276 g/mol. The van der Waals surface area contributed by atoms with Gasteiger partial charge in [-0.25, -0.2) is 0 Å². The highest BCUT2D eigenvalue weighted by atomic mass is 16.5. The zero-order chi connectivity index (χ0) is 14.2. The fourth-order valence-electron chi connectivity index (χ4n) is 2.32. The molecule has 2 N–H and O–H groups in total. The molecule has 2 atom stereocenters. The molecule has 0 aromatic heterocycles. The number of carbonyl (C=O) groups is 1. The van der Waals surface area contributed by atoms with E-state index in [0.29, 0.717) is 25.7 Å². The van der Waals surface area contributed by atoms with Gasteiger partial charge in [-0.3, -0.25) is 4.79 Å². The molecule has 0 aliphatic carbocycles. The summed E-state index contributed by atoms with van der Waals surface area (Å²) in [5.74, 6) is 0.446. The van der Waals surface area contributed by atoms with Gasteiger partial charge in [-0.2, -0.15) is 0 Å². The Balaban J connectivity index is 1.58. The van der Waals surface area contributed by atoms with E-state index in [1.165, 1.54) is 5.56 Å². The smallest absolute Gasteiger partial charge is 0.237 e. The van der Waals surface area contributed by atoms with Gasteiger partial charge in [0.25, 0.3) is 0 Å². The Morgan fingerprint density at radius 3 is 2.95 bits per heavy atom. The molecule has 1 heterocycles. The molecule has 1 amide bonds. The molecule has 1 aromatic rings. The highest BCUT2D eigenvalue weighted by Gasteiger charge is 2.21. The standard InChI is InChI=1S/C16H24N2O2/c1-13(10-18-16(19)15-8-5-9-17-15)11-20-12-14-6-3-2-4-7-14/h2-4,6-7,13,15,17H,5,8-12H2,1H3,(H,18,19). The highest BCUT2D eigenvalue weighted by Crippen LogP contribution is 2.06. The van der Waals surface area contributed by atoms with Crippen molar-refractivity contribution >= 4 is 5.91 Å². The van der Waals surface area contributed by atoms with Gasteiger partial charge in [0.15, 0.2) is 0 Å². The normalized spacial score (nSPS) is 19.8.